The fourth-order valence-electron chi connectivity index (χ4n) is 1.53. The summed E-state index contributed by atoms with van der Waals surface area (Å²) in [7, 11) is 1.89. The first-order valence-electron chi connectivity index (χ1n) is 5.28. The summed E-state index contributed by atoms with van der Waals surface area (Å²) in [4.78, 5) is 0. The Morgan fingerprint density at radius 3 is 2.79 bits per heavy atom. The largest absolute Gasteiger partial charge is 0.393 e. The number of rotatable bonds is 5. The first-order chi connectivity index (χ1) is 6.61. The van der Waals surface area contributed by atoms with Crippen molar-refractivity contribution in [2.45, 2.75) is 39.2 Å². The molecule has 0 amide bonds. The smallest absolute Gasteiger partial charge is 0.0650 e. The average Bonchev–Trinajstić information content (AvgIpc) is 2.50. The van der Waals surface area contributed by atoms with Crippen molar-refractivity contribution in [3.05, 3.63) is 18.0 Å². The highest BCUT2D eigenvalue weighted by Crippen LogP contribution is 2.12. The van der Waals surface area contributed by atoms with Gasteiger partial charge in [-0.2, -0.15) is 5.10 Å². The van der Waals surface area contributed by atoms with E-state index in [0.717, 1.165) is 18.5 Å². The zero-order valence-electron chi connectivity index (χ0n) is 9.27. The van der Waals surface area contributed by atoms with Crippen molar-refractivity contribution in [2.75, 3.05) is 0 Å². The Labute approximate surface area is 85.8 Å². The molecule has 1 aromatic heterocycles. The fourth-order valence-corrected chi connectivity index (χ4v) is 1.53. The van der Waals surface area contributed by atoms with E-state index in [-0.39, 0.29) is 6.10 Å². The van der Waals surface area contributed by atoms with Crippen molar-refractivity contribution >= 4 is 0 Å². The van der Waals surface area contributed by atoms with Crippen LogP contribution in [-0.2, 0) is 13.5 Å². The van der Waals surface area contributed by atoms with Crippen molar-refractivity contribution in [1.29, 1.82) is 0 Å². The van der Waals surface area contributed by atoms with Crippen LogP contribution in [0.5, 0.6) is 0 Å². The van der Waals surface area contributed by atoms with E-state index < -0.39 is 0 Å². The monoisotopic (exact) mass is 196 g/mol. The summed E-state index contributed by atoms with van der Waals surface area (Å²) in [5.41, 5.74) is 0.975. The fraction of sp³-hybridized carbons (Fsp3) is 0.727. The minimum absolute atomic E-state index is 0.250. The molecule has 0 radical (unpaired) electrons. The predicted octanol–water partition coefficient (Wildman–Crippen LogP) is 1.76. The normalized spacial score (nSPS) is 15.4. The highest BCUT2D eigenvalue weighted by Gasteiger charge is 2.10. The number of hydrogen-bond donors (Lipinski definition) is 1. The summed E-state index contributed by atoms with van der Waals surface area (Å²) in [6, 6.07) is 1.96. The summed E-state index contributed by atoms with van der Waals surface area (Å²) in [5, 5.41) is 14.0. The second kappa shape index (κ2) is 5.15. The quantitative estimate of drug-likeness (QED) is 0.779. The van der Waals surface area contributed by atoms with Gasteiger partial charge in [-0.3, -0.25) is 4.68 Å². The van der Waals surface area contributed by atoms with E-state index in [4.69, 9.17) is 0 Å². The van der Waals surface area contributed by atoms with Crippen LogP contribution in [0, 0.1) is 5.92 Å². The van der Waals surface area contributed by atoms with Gasteiger partial charge in [0.05, 0.1) is 11.8 Å². The van der Waals surface area contributed by atoms with Crippen molar-refractivity contribution in [1.82, 2.24) is 9.78 Å². The van der Waals surface area contributed by atoms with Crippen molar-refractivity contribution < 1.29 is 5.11 Å². The van der Waals surface area contributed by atoms with Crippen molar-refractivity contribution in [3.63, 3.8) is 0 Å². The number of hydrogen-bond acceptors (Lipinski definition) is 2. The van der Waals surface area contributed by atoms with Gasteiger partial charge in [0.25, 0.3) is 0 Å². The van der Waals surface area contributed by atoms with Crippen molar-refractivity contribution in [2.24, 2.45) is 13.0 Å². The average molecular weight is 196 g/mol. The Kier molecular flexibility index (Phi) is 4.14. The maximum atomic E-state index is 9.76. The molecule has 0 aliphatic heterocycles. The molecule has 1 heterocycles. The zero-order valence-corrected chi connectivity index (χ0v) is 9.27. The molecule has 0 bridgehead atoms. The Hall–Kier alpha value is -0.830. The summed E-state index contributed by atoms with van der Waals surface area (Å²) in [5.74, 6) is 0.591. The Morgan fingerprint density at radius 1 is 1.57 bits per heavy atom. The van der Waals surface area contributed by atoms with Crippen LogP contribution >= 0.6 is 0 Å². The van der Waals surface area contributed by atoms with Gasteiger partial charge < -0.3 is 5.11 Å². The summed E-state index contributed by atoms with van der Waals surface area (Å²) in [6.07, 6.45) is 4.32. The molecule has 80 valence electrons. The van der Waals surface area contributed by atoms with Crippen LogP contribution in [0.3, 0.4) is 0 Å². The molecule has 2 unspecified atom stereocenters. The molecule has 3 nitrogen and oxygen atoms in total. The maximum absolute atomic E-state index is 9.76. The summed E-state index contributed by atoms with van der Waals surface area (Å²) < 4.78 is 1.77. The number of aryl methyl sites for hydroxylation is 1. The van der Waals surface area contributed by atoms with Gasteiger partial charge in [-0.05, 0) is 18.4 Å². The number of aliphatic hydroxyl groups excluding tert-OH is 1. The molecular weight excluding hydrogens is 176 g/mol. The van der Waals surface area contributed by atoms with E-state index in [1.807, 2.05) is 19.3 Å². The van der Waals surface area contributed by atoms with Gasteiger partial charge in [0.2, 0.25) is 0 Å². The third-order valence-corrected chi connectivity index (χ3v) is 2.58. The molecule has 0 aliphatic rings. The van der Waals surface area contributed by atoms with Gasteiger partial charge in [0.15, 0.2) is 0 Å². The van der Waals surface area contributed by atoms with Gasteiger partial charge in [-0.25, -0.2) is 0 Å². The van der Waals surface area contributed by atoms with E-state index in [1.54, 1.807) is 4.68 Å². The lowest BCUT2D eigenvalue weighted by Gasteiger charge is -2.13. The van der Waals surface area contributed by atoms with Crippen molar-refractivity contribution in [3.8, 4) is 0 Å². The predicted molar refractivity (Wildman–Crippen MR) is 57.0 cm³/mol. The lowest BCUT2D eigenvalue weighted by Crippen LogP contribution is -2.14. The van der Waals surface area contributed by atoms with Crippen LogP contribution < -0.4 is 0 Å². The first kappa shape index (κ1) is 11.2. The second-order valence-electron chi connectivity index (χ2n) is 4.09. The number of aliphatic hydroxyl groups is 1. The highest BCUT2D eigenvalue weighted by atomic mass is 16.3. The molecule has 0 fully saturated rings. The van der Waals surface area contributed by atoms with E-state index in [1.165, 1.54) is 0 Å². The van der Waals surface area contributed by atoms with Gasteiger partial charge in [0.1, 0.15) is 0 Å². The van der Waals surface area contributed by atoms with E-state index in [0.29, 0.717) is 12.3 Å². The minimum Gasteiger partial charge on any atom is -0.393 e. The van der Waals surface area contributed by atoms with E-state index in [9.17, 15) is 5.11 Å². The summed E-state index contributed by atoms with van der Waals surface area (Å²) in [6.45, 7) is 4.32. The van der Waals surface area contributed by atoms with Crippen LogP contribution in [-0.4, -0.2) is 21.0 Å². The highest BCUT2D eigenvalue weighted by molar-refractivity contribution is 5.00. The molecule has 0 spiro atoms. The molecule has 0 aromatic carbocycles. The van der Waals surface area contributed by atoms with Gasteiger partial charge in [-0.15, -0.1) is 0 Å². The Bertz CT molecular complexity index is 270. The lowest BCUT2D eigenvalue weighted by atomic mass is 9.98. The molecule has 0 aliphatic carbocycles. The van der Waals surface area contributed by atoms with Crippen LogP contribution in [0.1, 0.15) is 32.4 Å². The minimum atomic E-state index is -0.250. The van der Waals surface area contributed by atoms with Gasteiger partial charge >= 0.3 is 0 Å². The van der Waals surface area contributed by atoms with E-state index >= 15 is 0 Å². The Balaban J connectivity index is 2.37. The maximum Gasteiger partial charge on any atom is 0.0650 e. The molecule has 3 heteroatoms. The molecular formula is C11H20N2O. The second-order valence-corrected chi connectivity index (χ2v) is 4.09. The third-order valence-electron chi connectivity index (χ3n) is 2.58. The molecule has 1 rings (SSSR count). The third kappa shape index (κ3) is 3.50. The lowest BCUT2D eigenvalue weighted by molar-refractivity contribution is 0.143. The SMILES string of the molecule is CCC(C)CC(O)Cc1ccn(C)n1. The topological polar surface area (TPSA) is 38.0 Å². The first-order valence-corrected chi connectivity index (χ1v) is 5.28. The van der Waals surface area contributed by atoms with Crippen LogP contribution in [0.15, 0.2) is 12.3 Å². The van der Waals surface area contributed by atoms with Gasteiger partial charge in [-0.1, -0.05) is 20.3 Å². The van der Waals surface area contributed by atoms with Crippen LogP contribution in [0.4, 0.5) is 0 Å². The van der Waals surface area contributed by atoms with Gasteiger partial charge in [0, 0.05) is 19.7 Å². The molecule has 14 heavy (non-hydrogen) atoms. The molecule has 2 atom stereocenters. The zero-order chi connectivity index (χ0) is 10.6. The standard InChI is InChI=1S/C11H20N2O/c1-4-9(2)7-11(14)8-10-5-6-13(3)12-10/h5-6,9,11,14H,4,7-8H2,1-3H3. The molecule has 1 aromatic rings. The number of nitrogens with zero attached hydrogens (tertiary/aromatic N) is 2. The molecule has 0 saturated heterocycles. The molecule has 0 saturated carbocycles. The van der Waals surface area contributed by atoms with Crippen LogP contribution in [0.25, 0.3) is 0 Å². The van der Waals surface area contributed by atoms with E-state index in [2.05, 4.69) is 18.9 Å². The summed E-state index contributed by atoms with van der Waals surface area (Å²) >= 11 is 0. The molecule has 1 N–H and O–H groups in total. The van der Waals surface area contributed by atoms with Crippen LogP contribution in [0.2, 0.25) is 0 Å². The Morgan fingerprint density at radius 2 is 2.29 bits per heavy atom. The number of aromatic nitrogens is 2.